The van der Waals surface area contributed by atoms with Crippen molar-refractivity contribution in [3.05, 3.63) is 28.2 Å². The number of anilines is 1. The van der Waals surface area contributed by atoms with Crippen LogP contribution in [0.15, 0.2) is 22.7 Å². The third kappa shape index (κ3) is 3.25. The summed E-state index contributed by atoms with van der Waals surface area (Å²) in [5.74, 6) is 0. The molecule has 0 aliphatic carbocycles. The van der Waals surface area contributed by atoms with Gasteiger partial charge in [0, 0.05) is 22.6 Å². The zero-order valence-electron chi connectivity index (χ0n) is 10.7. The lowest BCUT2D eigenvalue weighted by Crippen LogP contribution is -2.49. The molecule has 1 aromatic rings. The predicted octanol–water partition coefficient (Wildman–Crippen LogP) is 1.67. The molecule has 2 atom stereocenters. The average molecular weight is 345 g/mol. The van der Waals surface area contributed by atoms with Crippen LogP contribution in [0.5, 0.6) is 0 Å². The molecule has 0 radical (unpaired) electrons. The number of nitrogens with two attached hydrogens (primary N) is 1. The second-order valence-corrected chi connectivity index (χ2v) is 5.96. The summed E-state index contributed by atoms with van der Waals surface area (Å²) in [4.78, 5) is 2.60. The molecular formula is C13H17BrN2O2S. The zero-order valence-corrected chi connectivity index (χ0v) is 13.1. The highest BCUT2D eigenvalue weighted by Gasteiger charge is 2.27. The molecule has 0 bridgehead atoms. The molecule has 1 heterocycles. The maximum absolute atomic E-state index is 9.23. The van der Waals surface area contributed by atoms with Crippen LogP contribution in [0.25, 0.3) is 0 Å². The Balaban J connectivity index is 2.27. The fraction of sp³-hybridized carbons (Fsp3) is 0.462. The highest BCUT2D eigenvalue weighted by Crippen LogP contribution is 2.30. The molecular weight excluding hydrogens is 328 g/mol. The maximum Gasteiger partial charge on any atom is 0.104 e. The molecule has 2 rings (SSSR count). The van der Waals surface area contributed by atoms with Crippen molar-refractivity contribution in [3.63, 3.8) is 0 Å². The van der Waals surface area contributed by atoms with Crippen LogP contribution in [0.3, 0.4) is 0 Å². The van der Waals surface area contributed by atoms with Gasteiger partial charge in [0.25, 0.3) is 0 Å². The molecule has 0 amide bonds. The number of thiocarbonyl (C=S) groups is 1. The summed E-state index contributed by atoms with van der Waals surface area (Å²) in [7, 11) is 0. The smallest absolute Gasteiger partial charge is 0.104 e. The normalized spacial score (nSPS) is 23.4. The van der Waals surface area contributed by atoms with Gasteiger partial charge in [-0.1, -0.05) is 12.2 Å². The van der Waals surface area contributed by atoms with E-state index in [0.717, 1.165) is 15.7 Å². The number of aliphatic hydroxyl groups is 1. The third-order valence-electron chi connectivity index (χ3n) is 3.25. The molecule has 2 unspecified atom stereocenters. The van der Waals surface area contributed by atoms with Gasteiger partial charge in [-0.2, -0.15) is 0 Å². The number of aliphatic hydroxyl groups excluding tert-OH is 1. The maximum atomic E-state index is 9.23. The van der Waals surface area contributed by atoms with E-state index in [1.807, 2.05) is 18.2 Å². The van der Waals surface area contributed by atoms with Gasteiger partial charge in [0.2, 0.25) is 0 Å². The molecule has 0 spiro atoms. The van der Waals surface area contributed by atoms with E-state index < -0.39 is 0 Å². The number of rotatable bonds is 3. The van der Waals surface area contributed by atoms with Crippen molar-refractivity contribution >= 4 is 38.8 Å². The summed E-state index contributed by atoms with van der Waals surface area (Å²) in [6, 6.07) is 6.09. The van der Waals surface area contributed by atoms with Crippen molar-refractivity contribution < 1.29 is 9.84 Å². The molecule has 3 N–H and O–H groups in total. The zero-order chi connectivity index (χ0) is 14.0. The van der Waals surface area contributed by atoms with Gasteiger partial charge in [0.1, 0.15) is 4.99 Å². The van der Waals surface area contributed by atoms with Gasteiger partial charge >= 0.3 is 0 Å². The van der Waals surface area contributed by atoms with Gasteiger partial charge in [0.15, 0.2) is 0 Å². The number of hydrogen-bond donors (Lipinski definition) is 2. The standard InChI is InChI=1S/C13H17BrN2O2S/c1-8-7-18-10(6-17)5-16(8)12-3-2-9(13(15)19)4-11(12)14/h2-4,8,10,17H,5-7H2,1H3,(H2,15,19). The van der Waals surface area contributed by atoms with Gasteiger partial charge in [-0.25, -0.2) is 0 Å². The van der Waals surface area contributed by atoms with Crippen LogP contribution >= 0.6 is 28.1 Å². The van der Waals surface area contributed by atoms with E-state index in [1.165, 1.54) is 0 Å². The first-order chi connectivity index (χ1) is 9.02. The van der Waals surface area contributed by atoms with Crippen LogP contribution in [0, 0.1) is 0 Å². The summed E-state index contributed by atoms with van der Waals surface area (Å²) in [6.07, 6.45) is -0.140. The summed E-state index contributed by atoms with van der Waals surface area (Å²) >= 11 is 8.53. The number of nitrogens with zero attached hydrogens (tertiary/aromatic N) is 1. The first kappa shape index (κ1) is 14.7. The molecule has 19 heavy (non-hydrogen) atoms. The lowest BCUT2D eigenvalue weighted by molar-refractivity contribution is -0.0103. The Hall–Kier alpha value is -0.690. The van der Waals surface area contributed by atoms with Gasteiger partial charge in [-0.05, 0) is 41.1 Å². The SMILES string of the molecule is CC1COC(CO)CN1c1ccc(C(N)=S)cc1Br. The third-order valence-corrected chi connectivity index (χ3v) is 4.12. The lowest BCUT2D eigenvalue weighted by atomic mass is 10.1. The van der Waals surface area contributed by atoms with Crippen molar-refractivity contribution in [2.45, 2.75) is 19.1 Å². The average Bonchev–Trinajstić information content (AvgIpc) is 2.39. The van der Waals surface area contributed by atoms with Crippen molar-refractivity contribution in [3.8, 4) is 0 Å². The first-order valence-corrected chi connectivity index (χ1v) is 7.31. The Kier molecular flexibility index (Phi) is 4.78. The molecule has 1 aromatic carbocycles. The summed E-state index contributed by atoms with van der Waals surface area (Å²) in [6.45, 7) is 3.41. The Morgan fingerprint density at radius 1 is 1.63 bits per heavy atom. The van der Waals surface area contributed by atoms with Crippen molar-refractivity contribution in [1.82, 2.24) is 0 Å². The van der Waals surface area contributed by atoms with Crippen molar-refractivity contribution in [2.75, 3.05) is 24.7 Å². The Morgan fingerprint density at radius 2 is 2.37 bits per heavy atom. The molecule has 0 saturated carbocycles. The number of ether oxygens (including phenoxy) is 1. The number of morpholine rings is 1. The number of benzene rings is 1. The molecule has 1 aliphatic heterocycles. The Morgan fingerprint density at radius 3 is 2.95 bits per heavy atom. The molecule has 0 aromatic heterocycles. The summed E-state index contributed by atoms with van der Waals surface area (Å²) in [5.41, 5.74) is 7.53. The predicted molar refractivity (Wildman–Crippen MR) is 83.7 cm³/mol. The molecule has 6 heteroatoms. The quantitative estimate of drug-likeness (QED) is 0.817. The number of hydrogen-bond acceptors (Lipinski definition) is 4. The Bertz CT molecular complexity index is 484. The minimum absolute atomic E-state index is 0.0335. The molecule has 4 nitrogen and oxygen atoms in total. The minimum atomic E-state index is -0.140. The summed E-state index contributed by atoms with van der Waals surface area (Å²) in [5, 5.41) is 9.23. The van der Waals surface area contributed by atoms with Gasteiger partial charge < -0.3 is 20.5 Å². The van der Waals surface area contributed by atoms with Crippen molar-refractivity contribution in [1.29, 1.82) is 0 Å². The van der Waals surface area contributed by atoms with Crippen LogP contribution in [0.2, 0.25) is 0 Å². The fourth-order valence-electron chi connectivity index (χ4n) is 2.16. The molecule has 1 saturated heterocycles. The minimum Gasteiger partial charge on any atom is -0.394 e. The van der Waals surface area contributed by atoms with Crippen LogP contribution in [0.1, 0.15) is 12.5 Å². The van der Waals surface area contributed by atoms with Gasteiger partial charge in [-0.3, -0.25) is 0 Å². The van der Waals surface area contributed by atoms with Crippen LogP contribution < -0.4 is 10.6 Å². The second kappa shape index (κ2) is 6.17. The Labute approximate surface area is 126 Å². The number of halogens is 1. The van der Waals surface area contributed by atoms with E-state index in [1.54, 1.807) is 0 Å². The fourth-order valence-corrected chi connectivity index (χ4v) is 2.89. The lowest BCUT2D eigenvalue weighted by Gasteiger charge is -2.39. The van der Waals surface area contributed by atoms with E-state index >= 15 is 0 Å². The highest BCUT2D eigenvalue weighted by atomic mass is 79.9. The summed E-state index contributed by atoms with van der Waals surface area (Å²) < 4.78 is 6.49. The van der Waals surface area contributed by atoms with E-state index in [2.05, 4.69) is 27.8 Å². The van der Waals surface area contributed by atoms with E-state index in [-0.39, 0.29) is 18.8 Å². The molecule has 1 fully saturated rings. The second-order valence-electron chi connectivity index (χ2n) is 4.67. The highest BCUT2D eigenvalue weighted by molar-refractivity contribution is 9.10. The van der Waals surface area contributed by atoms with Crippen LogP contribution in [-0.4, -0.2) is 42.0 Å². The monoisotopic (exact) mass is 344 g/mol. The van der Waals surface area contributed by atoms with Gasteiger partial charge in [-0.15, -0.1) is 0 Å². The van der Waals surface area contributed by atoms with E-state index in [4.69, 9.17) is 22.7 Å². The molecule has 1 aliphatic rings. The van der Waals surface area contributed by atoms with Crippen LogP contribution in [-0.2, 0) is 4.74 Å². The van der Waals surface area contributed by atoms with E-state index in [0.29, 0.717) is 18.1 Å². The first-order valence-electron chi connectivity index (χ1n) is 6.11. The molecule has 104 valence electrons. The van der Waals surface area contributed by atoms with Crippen LogP contribution in [0.4, 0.5) is 5.69 Å². The largest absolute Gasteiger partial charge is 0.394 e. The van der Waals surface area contributed by atoms with E-state index in [9.17, 15) is 5.11 Å². The van der Waals surface area contributed by atoms with Crippen molar-refractivity contribution in [2.24, 2.45) is 5.73 Å². The topological polar surface area (TPSA) is 58.7 Å². The van der Waals surface area contributed by atoms with Gasteiger partial charge in [0.05, 0.1) is 25.0 Å².